The van der Waals surface area contributed by atoms with Crippen LogP contribution in [0, 0.1) is 19.6 Å². The van der Waals surface area contributed by atoms with Gasteiger partial charge in [0.15, 0.2) is 0 Å². The van der Waals surface area contributed by atoms with Crippen LogP contribution in [0.2, 0.25) is 0 Å². The lowest BCUT2D eigenvalue weighted by atomic mass is 10.0. The molecule has 2 N–H and O–H groups in total. The number of hydrogen-bond acceptors (Lipinski definition) is 4. The van der Waals surface area contributed by atoms with Crippen LogP contribution in [0.3, 0.4) is 0 Å². The lowest BCUT2D eigenvalue weighted by molar-refractivity contribution is -0.385. The quantitative estimate of drug-likeness (QED) is 0.462. The average molecular weight is 364 g/mol. The molecule has 0 heterocycles. The summed E-state index contributed by atoms with van der Waals surface area (Å²) < 4.78 is 0.587. The van der Waals surface area contributed by atoms with Crippen LogP contribution in [0.1, 0.15) is 20.3 Å². The molecule has 0 bridgehead atoms. The molecule has 6 heteroatoms. The summed E-state index contributed by atoms with van der Waals surface area (Å²) in [5.41, 5.74) is 0.898. The van der Waals surface area contributed by atoms with Gasteiger partial charge in [0.1, 0.15) is 0 Å². The van der Waals surface area contributed by atoms with E-state index in [0.717, 1.165) is 12.1 Å². The summed E-state index contributed by atoms with van der Waals surface area (Å²) in [6.45, 7) is 4.22. The van der Waals surface area contributed by atoms with E-state index in [-0.39, 0.29) is 18.3 Å². The molecular weight excluding hydrogens is 347 g/mol. The third kappa shape index (κ3) is 4.41. The highest BCUT2D eigenvalue weighted by Crippen LogP contribution is 2.25. The molecule has 0 aliphatic heterocycles. The van der Waals surface area contributed by atoms with Crippen LogP contribution >= 0.6 is 22.6 Å². The molecule has 1 aromatic rings. The second-order valence-electron chi connectivity index (χ2n) is 4.58. The van der Waals surface area contributed by atoms with Crippen molar-refractivity contribution in [2.24, 2.45) is 5.92 Å². The van der Waals surface area contributed by atoms with Crippen LogP contribution in [0.4, 0.5) is 11.4 Å². The van der Waals surface area contributed by atoms with Gasteiger partial charge in [0.2, 0.25) is 0 Å². The molecule has 1 unspecified atom stereocenters. The zero-order valence-corrected chi connectivity index (χ0v) is 12.5. The summed E-state index contributed by atoms with van der Waals surface area (Å²) in [6.07, 6.45) is 0.851. The van der Waals surface area contributed by atoms with Crippen molar-refractivity contribution in [2.45, 2.75) is 26.3 Å². The fourth-order valence-electron chi connectivity index (χ4n) is 1.73. The van der Waals surface area contributed by atoms with Crippen LogP contribution < -0.4 is 5.32 Å². The number of anilines is 1. The van der Waals surface area contributed by atoms with E-state index >= 15 is 0 Å². The second kappa shape index (κ2) is 6.89. The lowest BCUT2D eigenvalue weighted by Crippen LogP contribution is -2.25. The fraction of sp³-hybridized carbons (Fsp3) is 0.500. The van der Waals surface area contributed by atoms with Gasteiger partial charge in [-0.05, 0) is 47.1 Å². The molecule has 0 aliphatic carbocycles. The number of rotatable bonds is 6. The van der Waals surface area contributed by atoms with Gasteiger partial charge in [-0.2, -0.15) is 0 Å². The Balaban J connectivity index is 2.78. The van der Waals surface area contributed by atoms with Gasteiger partial charge in [0.25, 0.3) is 5.69 Å². The van der Waals surface area contributed by atoms with Crippen molar-refractivity contribution in [2.75, 3.05) is 11.9 Å². The van der Waals surface area contributed by atoms with Gasteiger partial charge < -0.3 is 10.4 Å². The first-order valence-corrected chi connectivity index (χ1v) is 6.83. The predicted molar refractivity (Wildman–Crippen MR) is 79.8 cm³/mol. The maximum absolute atomic E-state index is 10.7. The first-order chi connectivity index (χ1) is 8.43. The molecule has 18 heavy (non-hydrogen) atoms. The Morgan fingerprint density at radius 1 is 1.50 bits per heavy atom. The van der Waals surface area contributed by atoms with Crippen molar-refractivity contribution in [1.29, 1.82) is 0 Å². The maximum atomic E-state index is 10.7. The van der Waals surface area contributed by atoms with Crippen molar-refractivity contribution in [1.82, 2.24) is 0 Å². The van der Waals surface area contributed by atoms with Crippen LogP contribution in [0.15, 0.2) is 18.2 Å². The number of benzene rings is 1. The number of aliphatic hydroxyl groups excluding tert-OH is 1. The zero-order valence-electron chi connectivity index (χ0n) is 10.4. The summed E-state index contributed by atoms with van der Waals surface area (Å²) >= 11 is 1.94. The standard InChI is InChI=1S/C12H17IN2O3/c1-8(2)5-10(7-16)14-9-3-4-12(15(17)18)11(13)6-9/h3-4,6,8,10,14,16H,5,7H2,1-2H3. The molecule has 1 aromatic carbocycles. The zero-order chi connectivity index (χ0) is 13.7. The van der Waals surface area contributed by atoms with Gasteiger partial charge in [-0.1, -0.05) is 13.8 Å². The molecule has 0 spiro atoms. The highest BCUT2D eigenvalue weighted by molar-refractivity contribution is 14.1. The fourth-order valence-corrected chi connectivity index (χ4v) is 2.44. The van der Waals surface area contributed by atoms with Crippen LogP contribution in [0.5, 0.6) is 0 Å². The van der Waals surface area contributed by atoms with Crippen LogP contribution in [0.25, 0.3) is 0 Å². The number of nitrogens with one attached hydrogen (secondary N) is 1. The van der Waals surface area contributed by atoms with E-state index < -0.39 is 4.92 Å². The Morgan fingerprint density at radius 3 is 2.61 bits per heavy atom. The highest BCUT2D eigenvalue weighted by Gasteiger charge is 2.14. The van der Waals surface area contributed by atoms with E-state index in [1.165, 1.54) is 6.07 Å². The van der Waals surface area contributed by atoms with E-state index in [0.29, 0.717) is 9.49 Å². The Hall–Kier alpha value is -0.890. The SMILES string of the molecule is CC(C)CC(CO)Nc1ccc([N+](=O)[O-])c(I)c1. The van der Waals surface area contributed by atoms with Gasteiger partial charge in [-0.15, -0.1) is 0 Å². The van der Waals surface area contributed by atoms with Crippen molar-refractivity contribution in [3.05, 3.63) is 31.9 Å². The van der Waals surface area contributed by atoms with E-state index in [2.05, 4.69) is 19.2 Å². The Kier molecular flexibility index (Phi) is 5.80. The maximum Gasteiger partial charge on any atom is 0.282 e. The van der Waals surface area contributed by atoms with Gasteiger partial charge >= 0.3 is 0 Å². The molecular formula is C12H17IN2O3. The monoisotopic (exact) mass is 364 g/mol. The molecule has 0 saturated carbocycles. The smallest absolute Gasteiger partial charge is 0.282 e. The van der Waals surface area contributed by atoms with Gasteiger partial charge in [0, 0.05) is 17.8 Å². The highest BCUT2D eigenvalue weighted by atomic mass is 127. The van der Waals surface area contributed by atoms with E-state index in [4.69, 9.17) is 0 Å². The lowest BCUT2D eigenvalue weighted by Gasteiger charge is -2.19. The van der Waals surface area contributed by atoms with Crippen LogP contribution in [-0.2, 0) is 0 Å². The first-order valence-electron chi connectivity index (χ1n) is 5.75. The van der Waals surface area contributed by atoms with Crippen molar-refractivity contribution < 1.29 is 10.0 Å². The van der Waals surface area contributed by atoms with Crippen molar-refractivity contribution in [3.8, 4) is 0 Å². The van der Waals surface area contributed by atoms with Crippen molar-refractivity contribution >= 4 is 34.0 Å². The normalized spacial score (nSPS) is 12.5. The minimum atomic E-state index is -0.400. The summed E-state index contributed by atoms with van der Waals surface area (Å²) in [4.78, 5) is 10.3. The Bertz CT molecular complexity index is 424. The topological polar surface area (TPSA) is 75.4 Å². The Labute approximate surface area is 120 Å². The van der Waals surface area contributed by atoms with E-state index in [1.807, 2.05) is 22.6 Å². The summed E-state index contributed by atoms with van der Waals surface area (Å²) in [6, 6.07) is 4.85. The average Bonchev–Trinajstić information content (AvgIpc) is 2.27. The van der Waals surface area contributed by atoms with Gasteiger partial charge in [-0.25, -0.2) is 0 Å². The number of hydrogen-bond donors (Lipinski definition) is 2. The molecule has 0 fully saturated rings. The molecule has 0 aromatic heterocycles. The predicted octanol–water partition coefficient (Wildman–Crippen LogP) is 3.02. The molecule has 0 saturated heterocycles. The molecule has 1 rings (SSSR count). The number of halogens is 1. The van der Waals surface area contributed by atoms with Crippen LogP contribution in [-0.4, -0.2) is 22.7 Å². The molecule has 0 amide bonds. The molecule has 100 valence electrons. The third-order valence-corrected chi connectivity index (χ3v) is 3.36. The number of nitro groups is 1. The number of nitro benzene ring substituents is 1. The molecule has 0 aliphatic rings. The second-order valence-corrected chi connectivity index (χ2v) is 5.74. The minimum Gasteiger partial charge on any atom is -0.394 e. The minimum absolute atomic E-state index is 0.0257. The third-order valence-electron chi connectivity index (χ3n) is 2.49. The van der Waals surface area contributed by atoms with E-state index in [1.54, 1.807) is 12.1 Å². The number of nitrogens with zero attached hydrogens (tertiary/aromatic N) is 1. The molecule has 1 atom stereocenters. The molecule has 5 nitrogen and oxygen atoms in total. The number of aliphatic hydroxyl groups is 1. The largest absolute Gasteiger partial charge is 0.394 e. The summed E-state index contributed by atoms with van der Waals surface area (Å²) in [7, 11) is 0. The van der Waals surface area contributed by atoms with Crippen molar-refractivity contribution in [3.63, 3.8) is 0 Å². The summed E-state index contributed by atoms with van der Waals surface area (Å²) in [5, 5.41) is 23.2. The first kappa shape index (κ1) is 15.2. The molecule has 0 radical (unpaired) electrons. The van der Waals surface area contributed by atoms with E-state index in [9.17, 15) is 15.2 Å². The van der Waals surface area contributed by atoms with Gasteiger partial charge in [0.05, 0.1) is 15.1 Å². The summed E-state index contributed by atoms with van der Waals surface area (Å²) in [5.74, 6) is 0.478. The Morgan fingerprint density at radius 2 is 2.17 bits per heavy atom. The van der Waals surface area contributed by atoms with Gasteiger partial charge in [-0.3, -0.25) is 10.1 Å².